The predicted molar refractivity (Wildman–Crippen MR) is 139 cm³/mol. The summed E-state index contributed by atoms with van der Waals surface area (Å²) >= 11 is 2.25. The number of ether oxygens (including phenoxy) is 2. The maximum Gasteiger partial charge on any atom is 0.174 e. The normalized spacial score (nSPS) is 11.2. The van der Waals surface area contributed by atoms with Crippen molar-refractivity contribution in [2.45, 2.75) is 13.5 Å². The Hall–Kier alpha value is -3.30. The average molecular weight is 531 g/mol. The molecule has 0 N–H and O–H groups in total. The SMILES string of the molecule is COc1cc(/C=C(/C#N)c2ccc(C)cc2)cc(I)c1OCc1ccc2ccccc2c1. The van der Waals surface area contributed by atoms with Crippen molar-refractivity contribution in [2.75, 3.05) is 7.11 Å². The van der Waals surface area contributed by atoms with Crippen molar-refractivity contribution in [3.8, 4) is 17.6 Å². The Morgan fingerprint density at radius 2 is 1.72 bits per heavy atom. The van der Waals surface area contributed by atoms with Gasteiger partial charge in [0.25, 0.3) is 0 Å². The summed E-state index contributed by atoms with van der Waals surface area (Å²) in [5.74, 6) is 1.34. The molecule has 0 aliphatic carbocycles. The van der Waals surface area contributed by atoms with Crippen LogP contribution in [0.4, 0.5) is 0 Å². The number of nitrogens with zero attached hydrogens (tertiary/aromatic N) is 1. The molecule has 0 amide bonds. The lowest BCUT2D eigenvalue weighted by Crippen LogP contribution is -2.00. The Labute approximate surface area is 202 Å². The van der Waals surface area contributed by atoms with E-state index in [9.17, 15) is 5.26 Å². The number of methoxy groups -OCH3 is 1. The van der Waals surface area contributed by atoms with Gasteiger partial charge in [-0.2, -0.15) is 5.26 Å². The van der Waals surface area contributed by atoms with Crippen LogP contribution in [0.3, 0.4) is 0 Å². The third kappa shape index (κ3) is 4.95. The standard InChI is InChI=1S/C28H22INO2/c1-19-7-10-23(11-8-19)25(17-30)14-21-15-26(29)28(27(16-21)31-2)32-18-20-9-12-22-5-3-4-6-24(22)13-20/h3-16H,18H2,1-2H3/b25-14-. The molecule has 4 aromatic carbocycles. The molecule has 3 nitrogen and oxygen atoms in total. The van der Waals surface area contributed by atoms with E-state index in [1.807, 2.05) is 61.5 Å². The van der Waals surface area contributed by atoms with Crippen molar-refractivity contribution >= 4 is 45.0 Å². The topological polar surface area (TPSA) is 42.2 Å². The summed E-state index contributed by atoms with van der Waals surface area (Å²) in [6.45, 7) is 2.47. The summed E-state index contributed by atoms with van der Waals surface area (Å²) in [6, 6.07) is 28.8. The summed E-state index contributed by atoms with van der Waals surface area (Å²) in [5, 5.41) is 12.1. The molecule has 4 rings (SSSR count). The van der Waals surface area contributed by atoms with Crippen molar-refractivity contribution in [2.24, 2.45) is 0 Å². The van der Waals surface area contributed by atoms with Gasteiger partial charge in [0.2, 0.25) is 0 Å². The molecule has 0 bridgehead atoms. The zero-order chi connectivity index (χ0) is 22.5. The zero-order valence-corrected chi connectivity index (χ0v) is 20.1. The lowest BCUT2D eigenvalue weighted by atomic mass is 10.0. The van der Waals surface area contributed by atoms with Crippen LogP contribution in [0.1, 0.15) is 22.3 Å². The Bertz CT molecular complexity index is 1330. The summed E-state index contributed by atoms with van der Waals surface area (Å²) in [7, 11) is 1.63. The third-order valence-corrected chi connectivity index (χ3v) is 6.04. The van der Waals surface area contributed by atoms with Gasteiger partial charge in [0, 0.05) is 0 Å². The fourth-order valence-electron chi connectivity index (χ4n) is 3.53. The van der Waals surface area contributed by atoms with Gasteiger partial charge >= 0.3 is 0 Å². The number of halogens is 1. The van der Waals surface area contributed by atoms with Gasteiger partial charge in [-0.25, -0.2) is 0 Å². The molecule has 0 atom stereocenters. The van der Waals surface area contributed by atoms with Crippen LogP contribution in [0, 0.1) is 21.8 Å². The molecule has 0 saturated heterocycles. The third-order valence-electron chi connectivity index (χ3n) is 5.24. The second-order valence-corrected chi connectivity index (χ2v) is 8.70. The highest BCUT2D eigenvalue weighted by atomic mass is 127. The molecule has 0 aromatic heterocycles. The first-order chi connectivity index (χ1) is 15.6. The van der Waals surface area contributed by atoms with Gasteiger partial charge in [-0.05, 0) is 81.3 Å². The molecule has 0 fully saturated rings. The van der Waals surface area contributed by atoms with Gasteiger partial charge in [0.1, 0.15) is 6.61 Å². The van der Waals surface area contributed by atoms with Crippen LogP contribution in [0.25, 0.3) is 22.4 Å². The molecule has 0 spiro atoms. The van der Waals surface area contributed by atoms with Gasteiger partial charge in [-0.3, -0.25) is 0 Å². The van der Waals surface area contributed by atoms with Crippen LogP contribution >= 0.6 is 22.6 Å². The van der Waals surface area contributed by atoms with Gasteiger partial charge < -0.3 is 9.47 Å². The Balaban J connectivity index is 1.60. The van der Waals surface area contributed by atoms with Crippen molar-refractivity contribution < 1.29 is 9.47 Å². The quantitative estimate of drug-likeness (QED) is 0.148. The molecule has 0 unspecified atom stereocenters. The van der Waals surface area contributed by atoms with Crippen LogP contribution in [-0.2, 0) is 6.61 Å². The monoisotopic (exact) mass is 531 g/mol. The number of hydrogen-bond donors (Lipinski definition) is 0. The maximum absolute atomic E-state index is 9.67. The highest BCUT2D eigenvalue weighted by molar-refractivity contribution is 14.1. The molecule has 4 aromatic rings. The minimum Gasteiger partial charge on any atom is -0.493 e. The van der Waals surface area contributed by atoms with Crippen LogP contribution in [0.15, 0.2) is 78.9 Å². The van der Waals surface area contributed by atoms with Crippen LogP contribution in [0.2, 0.25) is 0 Å². The molecule has 0 heterocycles. The smallest absolute Gasteiger partial charge is 0.174 e. The average Bonchev–Trinajstić information content (AvgIpc) is 2.82. The second kappa shape index (κ2) is 9.88. The van der Waals surface area contributed by atoms with E-state index < -0.39 is 0 Å². The molecule has 32 heavy (non-hydrogen) atoms. The number of fused-ring (bicyclic) bond motifs is 1. The van der Waals surface area contributed by atoms with Crippen molar-refractivity contribution in [1.82, 2.24) is 0 Å². The van der Waals surface area contributed by atoms with E-state index in [1.54, 1.807) is 7.11 Å². The second-order valence-electron chi connectivity index (χ2n) is 7.54. The predicted octanol–water partition coefficient (Wildman–Crippen LogP) is 7.40. The molecule has 158 valence electrons. The van der Waals surface area contributed by atoms with E-state index in [0.29, 0.717) is 23.7 Å². The van der Waals surface area contributed by atoms with Crippen LogP contribution < -0.4 is 9.47 Å². The highest BCUT2D eigenvalue weighted by Gasteiger charge is 2.12. The Morgan fingerprint density at radius 3 is 2.44 bits per heavy atom. The van der Waals surface area contributed by atoms with Gasteiger partial charge in [0.05, 0.1) is 22.3 Å². The number of nitriles is 1. The van der Waals surface area contributed by atoms with Crippen molar-refractivity contribution in [3.63, 3.8) is 0 Å². The lowest BCUT2D eigenvalue weighted by Gasteiger charge is -2.14. The van der Waals surface area contributed by atoms with Gasteiger partial charge in [0.15, 0.2) is 11.5 Å². The fourth-order valence-corrected chi connectivity index (χ4v) is 4.31. The fraction of sp³-hybridized carbons (Fsp3) is 0.107. The van der Waals surface area contributed by atoms with Crippen molar-refractivity contribution in [1.29, 1.82) is 5.26 Å². The molecule has 4 heteroatoms. The van der Waals surface area contributed by atoms with E-state index in [1.165, 1.54) is 10.8 Å². The number of benzene rings is 4. The van der Waals surface area contributed by atoms with Crippen LogP contribution in [0.5, 0.6) is 11.5 Å². The zero-order valence-electron chi connectivity index (χ0n) is 17.9. The van der Waals surface area contributed by atoms with E-state index in [4.69, 9.17) is 9.47 Å². The summed E-state index contributed by atoms with van der Waals surface area (Å²) < 4.78 is 12.7. The minimum atomic E-state index is 0.444. The highest BCUT2D eigenvalue weighted by Crippen LogP contribution is 2.36. The Morgan fingerprint density at radius 1 is 0.969 bits per heavy atom. The largest absolute Gasteiger partial charge is 0.493 e. The molecule has 0 aliphatic rings. The van der Waals surface area contributed by atoms with E-state index >= 15 is 0 Å². The Kier molecular flexibility index (Phi) is 6.77. The molecule has 0 aliphatic heterocycles. The molecular weight excluding hydrogens is 509 g/mol. The molecular formula is C28H22INO2. The molecule has 0 radical (unpaired) electrons. The lowest BCUT2D eigenvalue weighted by molar-refractivity contribution is 0.282. The van der Waals surface area contributed by atoms with E-state index in [0.717, 1.165) is 25.8 Å². The van der Waals surface area contributed by atoms with E-state index in [-0.39, 0.29) is 0 Å². The van der Waals surface area contributed by atoms with Gasteiger partial charge in [-0.1, -0.05) is 66.2 Å². The van der Waals surface area contributed by atoms with Gasteiger partial charge in [-0.15, -0.1) is 0 Å². The number of hydrogen-bond acceptors (Lipinski definition) is 3. The number of aryl methyl sites for hydroxylation is 1. The summed E-state index contributed by atoms with van der Waals surface area (Å²) in [6.07, 6.45) is 1.88. The van der Waals surface area contributed by atoms with Crippen LogP contribution in [-0.4, -0.2) is 7.11 Å². The maximum atomic E-state index is 9.67. The minimum absolute atomic E-state index is 0.444. The van der Waals surface area contributed by atoms with E-state index in [2.05, 4.69) is 59.0 Å². The summed E-state index contributed by atoms with van der Waals surface area (Å²) in [5.41, 5.74) is 4.64. The first-order valence-electron chi connectivity index (χ1n) is 10.2. The first-order valence-corrected chi connectivity index (χ1v) is 11.3. The molecule has 0 saturated carbocycles. The first kappa shape index (κ1) is 21.9. The number of rotatable bonds is 6. The summed E-state index contributed by atoms with van der Waals surface area (Å²) in [4.78, 5) is 0. The van der Waals surface area contributed by atoms with Crippen molar-refractivity contribution in [3.05, 3.63) is 105 Å². The number of allylic oxidation sites excluding steroid dienone is 1.